The second-order valence-corrected chi connectivity index (χ2v) is 4.65. The largest absolute Gasteiger partial charge is 0.378 e. The minimum atomic E-state index is 0.0847. The summed E-state index contributed by atoms with van der Waals surface area (Å²) in [6.45, 7) is 5.14. The van der Waals surface area contributed by atoms with Crippen molar-refractivity contribution in [3.8, 4) is 0 Å². The van der Waals surface area contributed by atoms with E-state index in [2.05, 4.69) is 0 Å². The molecule has 0 radical (unpaired) electrons. The van der Waals surface area contributed by atoms with Crippen LogP contribution in [0.15, 0.2) is 0 Å². The molecule has 3 unspecified atom stereocenters. The highest BCUT2D eigenvalue weighted by atomic mass is 16.5. The van der Waals surface area contributed by atoms with Crippen molar-refractivity contribution >= 4 is 5.91 Å². The first kappa shape index (κ1) is 10.9. The van der Waals surface area contributed by atoms with Crippen LogP contribution in [0.5, 0.6) is 0 Å². The summed E-state index contributed by atoms with van der Waals surface area (Å²) in [5, 5.41) is 0. The molecular formula is C11H20N2O2. The fraction of sp³-hybridized carbons (Fsp3) is 0.909. The zero-order valence-electron chi connectivity index (χ0n) is 9.32. The summed E-state index contributed by atoms with van der Waals surface area (Å²) in [6, 6.07) is 0. The first-order valence-corrected chi connectivity index (χ1v) is 5.83. The van der Waals surface area contributed by atoms with Crippen LogP contribution in [0, 0.1) is 11.8 Å². The predicted octanol–water partition coefficient (Wildman–Crippen LogP) is 0.219. The Morgan fingerprint density at radius 1 is 1.53 bits per heavy atom. The number of carbonyl (C=O) groups is 1. The zero-order chi connectivity index (χ0) is 10.8. The standard InChI is InChI=1S/C11H20N2O2/c1-8-10(3-5-15-8)11(14)13-4-2-9(6-12)7-13/h8-10H,2-7,12H2,1H3. The maximum Gasteiger partial charge on any atom is 0.228 e. The molecule has 1 amide bonds. The Morgan fingerprint density at radius 2 is 2.33 bits per heavy atom. The Morgan fingerprint density at radius 3 is 2.87 bits per heavy atom. The molecule has 2 rings (SSSR count). The molecule has 2 fully saturated rings. The lowest BCUT2D eigenvalue weighted by molar-refractivity contribution is -0.136. The third-order valence-corrected chi connectivity index (χ3v) is 3.62. The number of likely N-dealkylation sites (tertiary alicyclic amines) is 1. The molecule has 2 N–H and O–H groups in total. The summed E-state index contributed by atoms with van der Waals surface area (Å²) in [7, 11) is 0. The molecule has 0 aliphatic carbocycles. The second-order valence-electron chi connectivity index (χ2n) is 4.65. The summed E-state index contributed by atoms with van der Waals surface area (Å²) < 4.78 is 5.43. The molecule has 0 aromatic heterocycles. The van der Waals surface area contributed by atoms with E-state index in [4.69, 9.17) is 10.5 Å². The van der Waals surface area contributed by atoms with Gasteiger partial charge in [-0.05, 0) is 32.2 Å². The molecule has 4 heteroatoms. The Bertz CT molecular complexity index is 245. The lowest BCUT2D eigenvalue weighted by Crippen LogP contribution is -2.37. The first-order chi connectivity index (χ1) is 7.22. The monoisotopic (exact) mass is 212 g/mol. The Balaban J connectivity index is 1.91. The number of carbonyl (C=O) groups excluding carboxylic acids is 1. The van der Waals surface area contributed by atoms with Gasteiger partial charge >= 0.3 is 0 Å². The van der Waals surface area contributed by atoms with Gasteiger partial charge in [0.1, 0.15) is 0 Å². The molecule has 86 valence electrons. The molecule has 0 bridgehead atoms. The van der Waals surface area contributed by atoms with Crippen molar-refractivity contribution in [3.63, 3.8) is 0 Å². The van der Waals surface area contributed by atoms with Crippen LogP contribution in [0.2, 0.25) is 0 Å². The smallest absolute Gasteiger partial charge is 0.228 e. The third kappa shape index (κ3) is 2.16. The minimum Gasteiger partial charge on any atom is -0.378 e. The molecule has 0 saturated carbocycles. The molecule has 2 aliphatic heterocycles. The zero-order valence-corrected chi connectivity index (χ0v) is 9.32. The molecule has 0 aromatic carbocycles. The third-order valence-electron chi connectivity index (χ3n) is 3.62. The van der Waals surface area contributed by atoms with E-state index in [-0.39, 0.29) is 17.9 Å². The van der Waals surface area contributed by atoms with Crippen molar-refractivity contribution in [1.82, 2.24) is 4.90 Å². The summed E-state index contributed by atoms with van der Waals surface area (Å²) >= 11 is 0. The van der Waals surface area contributed by atoms with Crippen LogP contribution in [0.3, 0.4) is 0 Å². The van der Waals surface area contributed by atoms with Gasteiger partial charge in [0.05, 0.1) is 12.0 Å². The SMILES string of the molecule is CC1OCCC1C(=O)N1CCC(CN)C1. The van der Waals surface area contributed by atoms with Crippen LogP contribution in [0.4, 0.5) is 0 Å². The predicted molar refractivity (Wildman–Crippen MR) is 57.3 cm³/mol. The van der Waals surface area contributed by atoms with E-state index in [0.29, 0.717) is 12.5 Å². The molecular weight excluding hydrogens is 192 g/mol. The summed E-state index contributed by atoms with van der Waals surface area (Å²) in [4.78, 5) is 14.1. The van der Waals surface area contributed by atoms with Crippen molar-refractivity contribution in [1.29, 1.82) is 0 Å². The van der Waals surface area contributed by atoms with Crippen LogP contribution in [0.25, 0.3) is 0 Å². The van der Waals surface area contributed by atoms with Gasteiger partial charge in [-0.1, -0.05) is 0 Å². The van der Waals surface area contributed by atoms with Gasteiger partial charge in [-0.15, -0.1) is 0 Å². The number of nitrogens with two attached hydrogens (primary N) is 1. The van der Waals surface area contributed by atoms with Crippen molar-refractivity contribution in [2.24, 2.45) is 17.6 Å². The Labute approximate surface area is 90.8 Å². The lowest BCUT2D eigenvalue weighted by atomic mass is 10.0. The first-order valence-electron chi connectivity index (χ1n) is 5.83. The van der Waals surface area contributed by atoms with Gasteiger partial charge < -0.3 is 15.4 Å². The summed E-state index contributed by atoms with van der Waals surface area (Å²) in [5.74, 6) is 0.865. The van der Waals surface area contributed by atoms with Gasteiger partial charge in [0.2, 0.25) is 5.91 Å². The minimum absolute atomic E-state index is 0.0847. The average Bonchev–Trinajstić information content (AvgIpc) is 2.84. The Kier molecular flexibility index (Phi) is 3.26. The quantitative estimate of drug-likeness (QED) is 0.712. The van der Waals surface area contributed by atoms with E-state index in [9.17, 15) is 4.79 Å². The van der Waals surface area contributed by atoms with E-state index in [1.807, 2.05) is 11.8 Å². The maximum atomic E-state index is 12.1. The number of amides is 1. The average molecular weight is 212 g/mol. The molecule has 0 spiro atoms. The van der Waals surface area contributed by atoms with Crippen LogP contribution in [-0.4, -0.2) is 43.2 Å². The molecule has 2 saturated heterocycles. The van der Waals surface area contributed by atoms with Crippen molar-refractivity contribution in [2.45, 2.75) is 25.9 Å². The highest BCUT2D eigenvalue weighted by Crippen LogP contribution is 2.25. The number of nitrogens with zero attached hydrogens (tertiary/aromatic N) is 1. The van der Waals surface area contributed by atoms with Gasteiger partial charge in [0.25, 0.3) is 0 Å². The van der Waals surface area contributed by atoms with Gasteiger partial charge in [-0.2, -0.15) is 0 Å². The number of hydrogen-bond donors (Lipinski definition) is 1. The van der Waals surface area contributed by atoms with E-state index < -0.39 is 0 Å². The van der Waals surface area contributed by atoms with Crippen LogP contribution in [0.1, 0.15) is 19.8 Å². The number of rotatable bonds is 2. The van der Waals surface area contributed by atoms with Crippen molar-refractivity contribution in [2.75, 3.05) is 26.2 Å². The lowest BCUT2D eigenvalue weighted by Gasteiger charge is -2.22. The summed E-state index contributed by atoms with van der Waals surface area (Å²) in [5.41, 5.74) is 5.61. The summed E-state index contributed by atoms with van der Waals surface area (Å²) in [6.07, 6.45) is 2.03. The number of hydrogen-bond acceptors (Lipinski definition) is 3. The normalized spacial score (nSPS) is 36.1. The van der Waals surface area contributed by atoms with Gasteiger partial charge in [0, 0.05) is 19.7 Å². The molecule has 4 nitrogen and oxygen atoms in total. The highest BCUT2D eigenvalue weighted by molar-refractivity contribution is 5.80. The Hall–Kier alpha value is -0.610. The second kappa shape index (κ2) is 4.49. The maximum absolute atomic E-state index is 12.1. The van der Waals surface area contributed by atoms with E-state index in [1.54, 1.807) is 0 Å². The van der Waals surface area contributed by atoms with Crippen LogP contribution < -0.4 is 5.73 Å². The van der Waals surface area contributed by atoms with Crippen LogP contribution in [-0.2, 0) is 9.53 Å². The fourth-order valence-electron chi connectivity index (χ4n) is 2.52. The molecule has 2 heterocycles. The molecule has 0 aromatic rings. The van der Waals surface area contributed by atoms with Crippen molar-refractivity contribution < 1.29 is 9.53 Å². The van der Waals surface area contributed by atoms with Crippen LogP contribution >= 0.6 is 0 Å². The van der Waals surface area contributed by atoms with E-state index >= 15 is 0 Å². The van der Waals surface area contributed by atoms with E-state index in [0.717, 1.165) is 32.5 Å². The molecule has 2 aliphatic rings. The molecule has 15 heavy (non-hydrogen) atoms. The van der Waals surface area contributed by atoms with Gasteiger partial charge in [-0.25, -0.2) is 0 Å². The fourth-order valence-corrected chi connectivity index (χ4v) is 2.52. The topological polar surface area (TPSA) is 55.6 Å². The highest BCUT2D eigenvalue weighted by Gasteiger charge is 2.36. The van der Waals surface area contributed by atoms with E-state index in [1.165, 1.54) is 0 Å². The van der Waals surface area contributed by atoms with Crippen molar-refractivity contribution in [3.05, 3.63) is 0 Å². The van der Waals surface area contributed by atoms with Gasteiger partial charge in [-0.3, -0.25) is 4.79 Å². The number of ether oxygens (including phenoxy) is 1. The molecule has 3 atom stereocenters. The van der Waals surface area contributed by atoms with Gasteiger partial charge in [0.15, 0.2) is 0 Å².